The number of rotatable bonds is 3. The molecule has 3 unspecified atom stereocenters. The number of alkyl halides is 3. The molecule has 1 heterocycles. The molecule has 1 aromatic carbocycles. The van der Waals surface area contributed by atoms with Gasteiger partial charge in [0, 0.05) is 18.7 Å². The molecule has 1 N–H and O–H groups in total. The van der Waals surface area contributed by atoms with Crippen LogP contribution in [-0.4, -0.2) is 18.8 Å². The number of nitrogens with one attached hydrogen (secondary N) is 1. The lowest BCUT2D eigenvalue weighted by Gasteiger charge is -2.22. The molecule has 0 aromatic heterocycles. The van der Waals surface area contributed by atoms with E-state index in [1.165, 1.54) is 12.1 Å². The van der Waals surface area contributed by atoms with Crippen LogP contribution in [0.2, 0.25) is 0 Å². The first-order valence-electron chi connectivity index (χ1n) is 6.42. The van der Waals surface area contributed by atoms with Crippen LogP contribution in [0.25, 0.3) is 0 Å². The third-order valence-electron chi connectivity index (χ3n) is 3.58. The maximum atomic E-state index is 12.5. The molecule has 2 rings (SSSR count). The third kappa shape index (κ3) is 3.48. The molecule has 0 bridgehead atoms. The second-order valence-corrected chi connectivity index (χ2v) is 4.98. The number of hydrogen-bond acceptors (Lipinski definition) is 2. The smallest absolute Gasteiger partial charge is 0.377 e. The van der Waals surface area contributed by atoms with Gasteiger partial charge in [0.25, 0.3) is 0 Å². The van der Waals surface area contributed by atoms with Gasteiger partial charge in [-0.05, 0) is 38.0 Å². The average Bonchev–Trinajstić information content (AvgIpc) is 2.74. The van der Waals surface area contributed by atoms with Gasteiger partial charge < -0.3 is 10.1 Å². The van der Waals surface area contributed by atoms with Crippen LogP contribution in [0.5, 0.6) is 0 Å². The van der Waals surface area contributed by atoms with Gasteiger partial charge in [-0.3, -0.25) is 0 Å². The van der Waals surface area contributed by atoms with E-state index < -0.39 is 11.7 Å². The van der Waals surface area contributed by atoms with Crippen molar-refractivity contribution in [3.8, 4) is 0 Å². The first-order valence-corrected chi connectivity index (χ1v) is 6.42. The normalized spacial score (nSPS) is 25.5. The summed E-state index contributed by atoms with van der Waals surface area (Å²) in [5.74, 6) is 0. The Morgan fingerprint density at radius 2 is 1.89 bits per heavy atom. The van der Waals surface area contributed by atoms with Crippen LogP contribution in [-0.2, 0) is 10.9 Å². The molecule has 1 saturated heterocycles. The highest BCUT2D eigenvalue weighted by Crippen LogP contribution is 2.30. The lowest BCUT2D eigenvalue weighted by atomic mass is 10.0. The Kier molecular flexibility index (Phi) is 4.16. The van der Waals surface area contributed by atoms with E-state index in [-0.39, 0.29) is 18.2 Å². The Bertz CT molecular complexity index is 416. The topological polar surface area (TPSA) is 21.3 Å². The van der Waals surface area contributed by atoms with Crippen molar-refractivity contribution in [2.45, 2.75) is 44.6 Å². The van der Waals surface area contributed by atoms with E-state index in [4.69, 9.17) is 4.74 Å². The Morgan fingerprint density at radius 3 is 2.37 bits per heavy atom. The number of halogens is 3. The number of hydrogen-bond donors (Lipinski definition) is 1. The van der Waals surface area contributed by atoms with E-state index in [0.29, 0.717) is 0 Å². The van der Waals surface area contributed by atoms with Crippen molar-refractivity contribution >= 4 is 0 Å². The van der Waals surface area contributed by atoms with Crippen LogP contribution < -0.4 is 5.32 Å². The van der Waals surface area contributed by atoms with Crippen LogP contribution in [0.1, 0.15) is 37.4 Å². The summed E-state index contributed by atoms with van der Waals surface area (Å²) in [7, 11) is 0. The maximum absolute atomic E-state index is 12.5. The predicted molar refractivity (Wildman–Crippen MR) is 66.8 cm³/mol. The quantitative estimate of drug-likeness (QED) is 0.909. The zero-order valence-corrected chi connectivity index (χ0v) is 11.0. The van der Waals surface area contributed by atoms with E-state index in [1.807, 2.05) is 13.8 Å². The van der Waals surface area contributed by atoms with Gasteiger partial charge in [0.05, 0.1) is 11.7 Å². The molecule has 0 aliphatic carbocycles. The van der Waals surface area contributed by atoms with Gasteiger partial charge in [-0.2, -0.15) is 13.2 Å². The minimum absolute atomic E-state index is 0.0106. The summed E-state index contributed by atoms with van der Waals surface area (Å²) in [6, 6.07) is 5.58. The van der Waals surface area contributed by atoms with Gasteiger partial charge in [0.1, 0.15) is 0 Å². The summed E-state index contributed by atoms with van der Waals surface area (Å²) in [6.07, 6.45) is -3.19. The van der Waals surface area contributed by atoms with E-state index in [1.54, 1.807) is 0 Å². The van der Waals surface area contributed by atoms with Crippen molar-refractivity contribution in [2.24, 2.45) is 0 Å². The summed E-state index contributed by atoms with van der Waals surface area (Å²) in [5, 5.41) is 3.40. The molecule has 0 amide bonds. The van der Waals surface area contributed by atoms with Crippen molar-refractivity contribution in [1.82, 2.24) is 5.32 Å². The first-order chi connectivity index (χ1) is 8.88. The summed E-state index contributed by atoms with van der Waals surface area (Å²) in [6.45, 7) is 4.69. The fraction of sp³-hybridized carbons (Fsp3) is 0.571. The molecule has 1 aliphatic rings. The monoisotopic (exact) mass is 273 g/mol. The van der Waals surface area contributed by atoms with Gasteiger partial charge in [0.2, 0.25) is 0 Å². The highest BCUT2D eigenvalue weighted by Gasteiger charge is 2.30. The van der Waals surface area contributed by atoms with Crippen LogP contribution in [0.4, 0.5) is 13.2 Å². The van der Waals surface area contributed by atoms with Crippen molar-refractivity contribution in [2.75, 3.05) is 6.61 Å². The standard InChI is InChI=1S/C14H18F3NO/c1-9(18-13-7-8-19-10(13)2)11-3-5-12(6-4-11)14(15,16)17/h3-6,9-10,13,18H,7-8H2,1-2H3. The molecular formula is C14H18F3NO. The number of benzene rings is 1. The Hall–Kier alpha value is -1.07. The van der Waals surface area contributed by atoms with Crippen LogP contribution in [0.3, 0.4) is 0 Å². The number of ether oxygens (including phenoxy) is 1. The first kappa shape index (κ1) is 14.3. The maximum Gasteiger partial charge on any atom is 0.416 e. The summed E-state index contributed by atoms with van der Waals surface area (Å²) in [4.78, 5) is 0. The second kappa shape index (κ2) is 5.51. The van der Waals surface area contributed by atoms with Gasteiger partial charge in [0.15, 0.2) is 0 Å². The predicted octanol–water partition coefficient (Wildman–Crippen LogP) is 3.53. The molecule has 106 valence electrons. The summed E-state index contributed by atoms with van der Waals surface area (Å²) >= 11 is 0. The third-order valence-corrected chi connectivity index (χ3v) is 3.58. The largest absolute Gasteiger partial charge is 0.416 e. The Balaban J connectivity index is 2.01. The fourth-order valence-corrected chi connectivity index (χ4v) is 2.33. The van der Waals surface area contributed by atoms with Crippen molar-refractivity contribution < 1.29 is 17.9 Å². The van der Waals surface area contributed by atoms with Crippen molar-refractivity contribution in [3.63, 3.8) is 0 Å². The lowest BCUT2D eigenvalue weighted by molar-refractivity contribution is -0.137. The molecular weight excluding hydrogens is 255 g/mol. The molecule has 2 nitrogen and oxygen atoms in total. The summed E-state index contributed by atoms with van der Waals surface area (Å²) < 4.78 is 42.9. The van der Waals surface area contributed by atoms with Gasteiger partial charge >= 0.3 is 6.18 Å². The van der Waals surface area contributed by atoms with Gasteiger partial charge in [-0.15, -0.1) is 0 Å². The summed E-state index contributed by atoms with van der Waals surface area (Å²) in [5.41, 5.74) is 0.244. The minimum Gasteiger partial charge on any atom is -0.377 e. The van der Waals surface area contributed by atoms with E-state index in [2.05, 4.69) is 5.32 Å². The lowest BCUT2D eigenvalue weighted by Crippen LogP contribution is -2.36. The van der Waals surface area contributed by atoms with Gasteiger partial charge in [-0.1, -0.05) is 12.1 Å². The highest BCUT2D eigenvalue weighted by atomic mass is 19.4. The molecule has 19 heavy (non-hydrogen) atoms. The fourth-order valence-electron chi connectivity index (χ4n) is 2.33. The molecule has 0 radical (unpaired) electrons. The molecule has 1 aromatic rings. The zero-order chi connectivity index (χ0) is 14.0. The van der Waals surface area contributed by atoms with E-state index >= 15 is 0 Å². The molecule has 3 atom stereocenters. The zero-order valence-electron chi connectivity index (χ0n) is 11.0. The minimum atomic E-state index is -4.27. The van der Waals surface area contributed by atoms with Crippen LogP contribution in [0, 0.1) is 0 Å². The second-order valence-electron chi connectivity index (χ2n) is 4.98. The van der Waals surface area contributed by atoms with Crippen molar-refractivity contribution in [1.29, 1.82) is 0 Å². The molecule has 1 fully saturated rings. The molecule has 1 aliphatic heterocycles. The molecule has 0 spiro atoms. The van der Waals surface area contributed by atoms with Crippen LogP contribution >= 0.6 is 0 Å². The Labute approximate surface area is 111 Å². The van der Waals surface area contributed by atoms with Crippen LogP contribution in [0.15, 0.2) is 24.3 Å². The Morgan fingerprint density at radius 1 is 1.26 bits per heavy atom. The van der Waals surface area contributed by atoms with E-state index in [0.717, 1.165) is 30.7 Å². The van der Waals surface area contributed by atoms with Gasteiger partial charge in [-0.25, -0.2) is 0 Å². The average molecular weight is 273 g/mol. The SMILES string of the molecule is CC(NC1CCOC1C)c1ccc(C(F)(F)F)cc1. The highest BCUT2D eigenvalue weighted by molar-refractivity contribution is 5.26. The van der Waals surface area contributed by atoms with Crippen molar-refractivity contribution in [3.05, 3.63) is 35.4 Å². The molecule has 0 saturated carbocycles. The van der Waals surface area contributed by atoms with E-state index in [9.17, 15) is 13.2 Å². The molecule has 5 heteroatoms.